The van der Waals surface area contributed by atoms with E-state index in [0.29, 0.717) is 30.9 Å². The van der Waals surface area contributed by atoms with Gasteiger partial charge in [0.05, 0.1) is 11.6 Å². The minimum absolute atomic E-state index is 0.108. The average molecular weight is 468 g/mol. The number of Topliss-reactive ketones (excluding diaryl/α,β-unsaturated/α-hetero) is 1. The number of benzene rings is 3. The number of aliphatic hydroxyl groups excluding tert-OH is 1. The highest BCUT2D eigenvalue weighted by Crippen LogP contribution is 2.40. The molecule has 1 amide bonds. The number of nitrogens with zero attached hydrogens (tertiary/aromatic N) is 1. The molecule has 1 saturated heterocycles. The molecule has 0 spiro atoms. The summed E-state index contributed by atoms with van der Waals surface area (Å²) in [6, 6.07) is 22.1. The Morgan fingerprint density at radius 3 is 2.43 bits per heavy atom. The number of hydrogen-bond donors (Lipinski definition) is 1. The zero-order valence-electron chi connectivity index (χ0n) is 20.0. The van der Waals surface area contributed by atoms with Crippen molar-refractivity contribution < 1.29 is 19.4 Å². The van der Waals surface area contributed by atoms with E-state index in [9.17, 15) is 14.7 Å². The van der Waals surface area contributed by atoms with Gasteiger partial charge in [0.15, 0.2) is 0 Å². The molecule has 1 atom stereocenters. The van der Waals surface area contributed by atoms with Gasteiger partial charge in [-0.05, 0) is 55.2 Å². The second kappa shape index (κ2) is 10.4. The number of aliphatic hydroxyl groups is 1. The van der Waals surface area contributed by atoms with Crippen LogP contribution in [0.25, 0.3) is 5.76 Å². The molecule has 5 heteroatoms. The van der Waals surface area contributed by atoms with Crippen LogP contribution in [0.5, 0.6) is 5.75 Å². The monoisotopic (exact) mass is 467 g/mol. The number of rotatable bonds is 8. The maximum atomic E-state index is 13.3. The Kier molecular flexibility index (Phi) is 7.16. The summed E-state index contributed by atoms with van der Waals surface area (Å²) in [6.07, 6.45) is 2.25. The van der Waals surface area contributed by atoms with E-state index >= 15 is 0 Å². The fraction of sp³-hybridized carbons (Fsp3) is 0.200. The SMILES string of the molecule is C=CCOc1ccc(C2C(=C(O)c3cc(C)ccc3C)C(=O)C(=O)N2CCc2ccccc2)cc1. The molecular formula is C30H29NO4. The van der Waals surface area contributed by atoms with Gasteiger partial charge in [-0.2, -0.15) is 0 Å². The lowest BCUT2D eigenvalue weighted by Gasteiger charge is -2.25. The number of likely N-dealkylation sites (tertiary alicyclic amines) is 1. The molecule has 178 valence electrons. The van der Waals surface area contributed by atoms with Crippen molar-refractivity contribution >= 4 is 17.4 Å². The van der Waals surface area contributed by atoms with Crippen LogP contribution in [-0.2, 0) is 16.0 Å². The van der Waals surface area contributed by atoms with Crippen LogP contribution in [0, 0.1) is 13.8 Å². The molecule has 1 unspecified atom stereocenters. The van der Waals surface area contributed by atoms with Crippen LogP contribution >= 0.6 is 0 Å². The van der Waals surface area contributed by atoms with E-state index in [1.165, 1.54) is 0 Å². The lowest BCUT2D eigenvalue weighted by Crippen LogP contribution is -2.31. The summed E-state index contributed by atoms with van der Waals surface area (Å²) in [5, 5.41) is 11.4. The molecule has 1 heterocycles. The molecule has 1 fully saturated rings. The highest BCUT2D eigenvalue weighted by atomic mass is 16.5. The molecule has 0 aliphatic carbocycles. The van der Waals surface area contributed by atoms with Crippen molar-refractivity contribution in [2.45, 2.75) is 26.3 Å². The molecule has 5 nitrogen and oxygen atoms in total. The number of ketones is 1. The number of amides is 1. The second-order valence-electron chi connectivity index (χ2n) is 8.72. The summed E-state index contributed by atoms with van der Waals surface area (Å²) < 4.78 is 5.59. The normalized spacial score (nSPS) is 17.0. The van der Waals surface area contributed by atoms with Crippen molar-refractivity contribution in [3.05, 3.63) is 119 Å². The molecule has 0 bridgehead atoms. The van der Waals surface area contributed by atoms with Crippen molar-refractivity contribution in [1.82, 2.24) is 4.90 Å². The minimum Gasteiger partial charge on any atom is -0.507 e. The fourth-order valence-corrected chi connectivity index (χ4v) is 4.39. The van der Waals surface area contributed by atoms with E-state index in [4.69, 9.17) is 4.74 Å². The van der Waals surface area contributed by atoms with Gasteiger partial charge in [-0.25, -0.2) is 0 Å². The van der Waals surface area contributed by atoms with Gasteiger partial charge in [0, 0.05) is 12.1 Å². The van der Waals surface area contributed by atoms with E-state index in [0.717, 1.165) is 22.3 Å². The molecule has 4 rings (SSSR count). The highest BCUT2D eigenvalue weighted by Gasteiger charge is 2.46. The molecule has 35 heavy (non-hydrogen) atoms. The third kappa shape index (κ3) is 5.04. The van der Waals surface area contributed by atoms with Crippen molar-refractivity contribution in [2.75, 3.05) is 13.2 Å². The van der Waals surface area contributed by atoms with E-state index in [2.05, 4.69) is 6.58 Å². The minimum atomic E-state index is -0.702. The first-order chi connectivity index (χ1) is 16.9. The Labute approximate surface area is 206 Å². The van der Waals surface area contributed by atoms with Gasteiger partial charge in [0.2, 0.25) is 0 Å². The number of hydrogen-bond acceptors (Lipinski definition) is 4. The number of carbonyl (C=O) groups excluding carboxylic acids is 2. The van der Waals surface area contributed by atoms with Gasteiger partial charge in [0.25, 0.3) is 11.7 Å². The summed E-state index contributed by atoms with van der Waals surface area (Å²) in [5.41, 5.74) is 4.25. The molecule has 3 aromatic carbocycles. The van der Waals surface area contributed by atoms with Crippen LogP contribution < -0.4 is 4.74 Å². The Morgan fingerprint density at radius 2 is 1.74 bits per heavy atom. The predicted molar refractivity (Wildman–Crippen MR) is 137 cm³/mol. The number of aryl methyl sites for hydroxylation is 2. The molecule has 1 aliphatic rings. The summed E-state index contributed by atoms with van der Waals surface area (Å²) in [7, 11) is 0. The smallest absolute Gasteiger partial charge is 0.295 e. The molecule has 0 radical (unpaired) electrons. The van der Waals surface area contributed by atoms with Gasteiger partial charge < -0.3 is 14.7 Å². The molecule has 1 N–H and O–H groups in total. The van der Waals surface area contributed by atoms with E-state index in [-0.39, 0.29) is 11.3 Å². The van der Waals surface area contributed by atoms with Gasteiger partial charge in [0.1, 0.15) is 18.1 Å². The first-order valence-corrected chi connectivity index (χ1v) is 11.6. The van der Waals surface area contributed by atoms with Crippen molar-refractivity contribution in [2.24, 2.45) is 0 Å². The summed E-state index contributed by atoms with van der Waals surface area (Å²) in [5.74, 6) is -0.772. The van der Waals surface area contributed by atoms with Crippen molar-refractivity contribution in [1.29, 1.82) is 0 Å². The Morgan fingerprint density at radius 1 is 1.03 bits per heavy atom. The van der Waals surface area contributed by atoms with Crippen LogP contribution in [0.4, 0.5) is 0 Å². The first-order valence-electron chi connectivity index (χ1n) is 11.6. The van der Waals surface area contributed by atoms with Crippen LogP contribution in [-0.4, -0.2) is 34.8 Å². The standard InChI is InChI=1S/C30H29NO4/c1-4-18-35-24-14-12-23(13-15-24)27-26(28(32)25-19-20(2)10-11-21(25)3)29(33)30(34)31(27)17-16-22-8-6-5-7-9-22/h4-15,19,27,32H,1,16-18H2,2-3H3. The summed E-state index contributed by atoms with van der Waals surface area (Å²) in [6.45, 7) is 8.18. The molecule has 3 aromatic rings. The topological polar surface area (TPSA) is 66.8 Å². The van der Waals surface area contributed by atoms with E-state index < -0.39 is 17.7 Å². The fourth-order valence-electron chi connectivity index (χ4n) is 4.39. The van der Waals surface area contributed by atoms with Gasteiger partial charge in [-0.15, -0.1) is 0 Å². The van der Waals surface area contributed by atoms with Gasteiger partial charge >= 0.3 is 0 Å². The summed E-state index contributed by atoms with van der Waals surface area (Å²) >= 11 is 0. The van der Waals surface area contributed by atoms with Crippen LogP contribution in [0.1, 0.15) is 33.9 Å². The number of ether oxygens (including phenoxy) is 1. The Balaban J connectivity index is 1.79. The highest BCUT2D eigenvalue weighted by molar-refractivity contribution is 6.46. The second-order valence-corrected chi connectivity index (χ2v) is 8.72. The summed E-state index contributed by atoms with van der Waals surface area (Å²) in [4.78, 5) is 28.1. The largest absolute Gasteiger partial charge is 0.507 e. The lowest BCUT2D eigenvalue weighted by atomic mass is 9.93. The van der Waals surface area contributed by atoms with Crippen LogP contribution in [0.15, 0.2) is 91.0 Å². The zero-order chi connectivity index (χ0) is 24.9. The maximum Gasteiger partial charge on any atom is 0.295 e. The molecule has 0 aromatic heterocycles. The Hall–Kier alpha value is -4.12. The third-order valence-electron chi connectivity index (χ3n) is 6.24. The van der Waals surface area contributed by atoms with Crippen molar-refractivity contribution in [3.63, 3.8) is 0 Å². The van der Waals surface area contributed by atoms with E-state index in [1.807, 2.05) is 74.5 Å². The quantitative estimate of drug-likeness (QED) is 0.205. The predicted octanol–water partition coefficient (Wildman–Crippen LogP) is 5.53. The van der Waals surface area contributed by atoms with E-state index in [1.54, 1.807) is 23.1 Å². The first kappa shape index (κ1) is 24.0. The van der Waals surface area contributed by atoms with Gasteiger partial charge in [-0.1, -0.05) is 72.8 Å². The third-order valence-corrected chi connectivity index (χ3v) is 6.24. The molecular weight excluding hydrogens is 438 g/mol. The van der Waals surface area contributed by atoms with Crippen LogP contribution in [0.3, 0.4) is 0 Å². The lowest BCUT2D eigenvalue weighted by molar-refractivity contribution is -0.139. The zero-order valence-corrected chi connectivity index (χ0v) is 20.0. The van der Waals surface area contributed by atoms with Gasteiger partial charge in [-0.3, -0.25) is 9.59 Å². The van der Waals surface area contributed by atoms with Crippen molar-refractivity contribution in [3.8, 4) is 5.75 Å². The average Bonchev–Trinajstić information content (AvgIpc) is 3.13. The number of carbonyl (C=O) groups is 2. The molecule has 0 saturated carbocycles. The molecule has 1 aliphatic heterocycles. The Bertz CT molecular complexity index is 1280. The van der Waals surface area contributed by atoms with Crippen LogP contribution in [0.2, 0.25) is 0 Å². The maximum absolute atomic E-state index is 13.3.